The number of rotatable bonds is 6. The van der Waals surface area contributed by atoms with Crippen LogP contribution in [0.2, 0.25) is 0 Å². The lowest BCUT2D eigenvalue weighted by molar-refractivity contribution is -0.138. The van der Waals surface area contributed by atoms with E-state index in [9.17, 15) is 18.0 Å². The lowest BCUT2D eigenvalue weighted by Crippen LogP contribution is -2.42. The first-order chi connectivity index (χ1) is 12.6. The minimum absolute atomic E-state index is 0.00782. The molecule has 0 aromatic carbocycles. The number of carbonyl (C=O) groups is 1. The average Bonchev–Trinajstić information content (AvgIpc) is 2.64. The molecule has 0 bridgehead atoms. The lowest BCUT2D eigenvalue weighted by Gasteiger charge is -2.32. The molecule has 1 amide bonds. The number of halogens is 3. The summed E-state index contributed by atoms with van der Waals surface area (Å²) in [6.45, 7) is 6.90. The van der Waals surface area contributed by atoms with E-state index >= 15 is 0 Å². The Bertz CT molecular complexity index is 685. The Morgan fingerprint density at radius 3 is 2.59 bits per heavy atom. The zero-order valence-electron chi connectivity index (χ0n) is 16.1. The fourth-order valence-corrected chi connectivity index (χ4v) is 3.27. The number of nitrogens with zero attached hydrogens (tertiary/aromatic N) is 2. The Hall–Kier alpha value is -1.89. The second-order valence-corrected chi connectivity index (χ2v) is 7.45. The van der Waals surface area contributed by atoms with Gasteiger partial charge in [0.1, 0.15) is 0 Å². The van der Waals surface area contributed by atoms with E-state index in [2.05, 4.69) is 4.98 Å². The highest BCUT2D eigenvalue weighted by molar-refractivity contribution is 5.80. The highest BCUT2D eigenvalue weighted by atomic mass is 19.4. The van der Waals surface area contributed by atoms with Gasteiger partial charge in [-0.1, -0.05) is 26.8 Å². The molecule has 2 rings (SSSR count). The van der Waals surface area contributed by atoms with Crippen molar-refractivity contribution >= 4 is 11.5 Å². The van der Waals surface area contributed by atoms with Gasteiger partial charge in [-0.3, -0.25) is 9.78 Å². The molecule has 1 aliphatic heterocycles. The van der Waals surface area contributed by atoms with Crippen molar-refractivity contribution in [3.05, 3.63) is 35.7 Å². The van der Waals surface area contributed by atoms with Gasteiger partial charge in [-0.25, -0.2) is 0 Å². The summed E-state index contributed by atoms with van der Waals surface area (Å²) in [6, 6.07) is 2.03. The van der Waals surface area contributed by atoms with E-state index in [1.807, 2.05) is 20.8 Å². The molecule has 0 fully saturated rings. The highest BCUT2D eigenvalue weighted by Crippen LogP contribution is 2.31. The molecular weight excluding hydrogens is 355 g/mol. The predicted molar refractivity (Wildman–Crippen MR) is 99.6 cm³/mol. The van der Waals surface area contributed by atoms with Crippen LogP contribution < -0.4 is 5.73 Å². The van der Waals surface area contributed by atoms with Gasteiger partial charge in [-0.2, -0.15) is 13.2 Å². The van der Waals surface area contributed by atoms with Crippen molar-refractivity contribution in [3.63, 3.8) is 0 Å². The first-order valence-electron chi connectivity index (χ1n) is 9.40. The van der Waals surface area contributed by atoms with E-state index < -0.39 is 11.7 Å². The molecule has 1 aromatic rings. The van der Waals surface area contributed by atoms with Crippen molar-refractivity contribution in [1.82, 2.24) is 9.88 Å². The van der Waals surface area contributed by atoms with Crippen molar-refractivity contribution in [3.8, 4) is 0 Å². The van der Waals surface area contributed by atoms with Gasteiger partial charge in [0, 0.05) is 31.2 Å². The molecule has 1 aromatic heterocycles. The molecule has 2 N–H and O–H groups in total. The lowest BCUT2D eigenvalue weighted by atomic mass is 9.87. The molecule has 0 radical (unpaired) electrons. The molecule has 0 saturated heterocycles. The molecule has 2 heterocycles. The van der Waals surface area contributed by atoms with Gasteiger partial charge in [-0.05, 0) is 42.9 Å². The number of nitrogens with two attached hydrogens (primary N) is 1. The normalized spacial score (nSPS) is 17.6. The summed E-state index contributed by atoms with van der Waals surface area (Å²) >= 11 is 0. The molecule has 2 atom stereocenters. The van der Waals surface area contributed by atoms with Crippen molar-refractivity contribution in [2.75, 3.05) is 13.1 Å². The number of carbonyl (C=O) groups excluding carboxylic acids is 1. The maximum atomic E-state index is 12.9. The molecule has 2 unspecified atom stereocenters. The van der Waals surface area contributed by atoms with Gasteiger partial charge >= 0.3 is 6.18 Å². The van der Waals surface area contributed by atoms with Gasteiger partial charge in [0.15, 0.2) is 0 Å². The van der Waals surface area contributed by atoms with E-state index in [1.54, 1.807) is 11.0 Å². The summed E-state index contributed by atoms with van der Waals surface area (Å²) in [6.07, 6.45) is 0.553. The summed E-state index contributed by atoms with van der Waals surface area (Å²) in [5.41, 5.74) is 6.41. The largest absolute Gasteiger partial charge is 0.416 e. The van der Waals surface area contributed by atoms with E-state index in [1.165, 1.54) is 6.20 Å². The number of hydrogen-bond donors (Lipinski definition) is 1. The van der Waals surface area contributed by atoms with Gasteiger partial charge in [0.2, 0.25) is 5.91 Å². The molecule has 7 heteroatoms. The van der Waals surface area contributed by atoms with Crippen LogP contribution in [-0.2, 0) is 11.0 Å². The van der Waals surface area contributed by atoms with Gasteiger partial charge in [0.25, 0.3) is 0 Å². The third kappa shape index (κ3) is 5.54. The van der Waals surface area contributed by atoms with Gasteiger partial charge in [0.05, 0.1) is 11.3 Å². The molecule has 150 valence electrons. The molecule has 0 saturated carbocycles. The maximum Gasteiger partial charge on any atom is 0.416 e. The minimum atomic E-state index is -4.39. The Kier molecular flexibility index (Phi) is 7.03. The molecule has 4 nitrogen and oxygen atoms in total. The number of hydrogen-bond acceptors (Lipinski definition) is 3. The summed E-state index contributed by atoms with van der Waals surface area (Å²) in [4.78, 5) is 18.7. The Labute approximate surface area is 158 Å². The highest BCUT2D eigenvalue weighted by Gasteiger charge is 2.32. The van der Waals surface area contributed by atoms with Crippen LogP contribution in [0.25, 0.3) is 5.57 Å². The summed E-state index contributed by atoms with van der Waals surface area (Å²) < 4.78 is 38.7. The van der Waals surface area contributed by atoms with E-state index in [0.717, 1.165) is 24.1 Å². The second-order valence-electron chi connectivity index (χ2n) is 7.45. The average molecular weight is 383 g/mol. The smallest absolute Gasteiger partial charge is 0.338 e. The quantitative estimate of drug-likeness (QED) is 0.804. The van der Waals surface area contributed by atoms with Crippen LogP contribution in [0.5, 0.6) is 0 Å². The Balaban J connectivity index is 2.10. The maximum absolute atomic E-state index is 12.9. The van der Waals surface area contributed by atoms with E-state index in [-0.39, 0.29) is 23.8 Å². The third-order valence-corrected chi connectivity index (χ3v) is 5.14. The summed E-state index contributed by atoms with van der Waals surface area (Å²) in [7, 11) is 0. The zero-order valence-corrected chi connectivity index (χ0v) is 16.1. The Morgan fingerprint density at radius 2 is 2.07 bits per heavy atom. The van der Waals surface area contributed by atoms with Crippen LogP contribution in [-0.4, -0.2) is 34.9 Å². The van der Waals surface area contributed by atoms with Crippen molar-refractivity contribution in [2.24, 2.45) is 17.6 Å². The van der Waals surface area contributed by atoms with Gasteiger partial charge < -0.3 is 10.6 Å². The number of amides is 1. The second kappa shape index (κ2) is 8.87. The number of alkyl halides is 3. The number of pyridine rings is 1. The van der Waals surface area contributed by atoms with Crippen LogP contribution in [0, 0.1) is 11.8 Å². The zero-order chi connectivity index (χ0) is 20.2. The molecule has 1 aliphatic rings. The van der Waals surface area contributed by atoms with Gasteiger partial charge in [-0.15, -0.1) is 0 Å². The summed E-state index contributed by atoms with van der Waals surface area (Å²) in [5, 5.41) is 0. The first kappa shape index (κ1) is 21.4. The van der Waals surface area contributed by atoms with E-state index in [4.69, 9.17) is 5.73 Å². The molecule has 27 heavy (non-hydrogen) atoms. The number of aromatic nitrogens is 1. The summed E-state index contributed by atoms with van der Waals surface area (Å²) in [5.74, 6) is 0.119. The van der Waals surface area contributed by atoms with Crippen LogP contribution in [0.3, 0.4) is 0 Å². The van der Waals surface area contributed by atoms with Crippen molar-refractivity contribution < 1.29 is 18.0 Å². The van der Waals surface area contributed by atoms with Crippen LogP contribution in [0.15, 0.2) is 24.4 Å². The minimum Gasteiger partial charge on any atom is -0.338 e. The first-order valence-corrected chi connectivity index (χ1v) is 9.40. The topological polar surface area (TPSA) is 59.2 Å². The SMILES string of the molecule is CCC(N)CC(C(=O)N1CC=C(c2cc(C(F)(F)F)ccn2)CC1)C(C)C. The van der Waals surface area contributed by atoms with Crippen molar-refractivity contribution in [1.29, 1.82) is 0 Å². The fourth-order valence-electron chi connectivity index (χ4n) is 3.27. The molecule has 0 spiro atoms. The molecule has 0 aliphatic carbocycles. The third-order valence-electron chi connectivity index (χ3n) is 5.14. The predicted octanol–water partition coefficient (Wildman–Crippen LogP) is 4.12. The van der Waals surface area contributed by atoms with Crippen LogP contribution >= 0.6 is 0 Å². The van der Waals surface area contributed by atoms with Crippen LogP contribution in [0.4, 0.5) is 13.2 Å². The standard InChI is InChI=1S/C20H28F3N3O/c1-4-16(24)12-17(13(2)3)19(27)26-9-6-14(7-10-26)18-11-15(5-8-25-18)20(21,22)23/h5-6,8,11,13,16-17H,4,7,9-10,12,24H2,1-3H3. The monoisotopic (exact) mass is 383 g/mol. The van der Waals surface area contributed by atoms with Crippen molar-refractivity contribution in [2.45, 2.75) is 52.3 Å². The van der Waals surface area contributed by atoms with E-state index in [0.29, 0.717) is 31.6 Å². The fraction of sp³-hybridized carbons (Fsp3) is 0.600. The Morgan fingerprint density at radius 1 is 1.37 bits per heavy atom. The van der Waals surface area contributed by atoms with Crippen LogP contribution in [0.1, 0.15) is 51.3 Å². The molecular formula is C20H28F3N3O.